The highest BCUT2D eigenvalue weighted by atomic mass is 32.1. The second kappa shape index (κ2) is 5.76. The van der Waals surface area contributed by atoms with Crippen molar-refractivity contribution in [2.45, 2.75) is 26.9 Å². The number of rotatable bonds is 4. The number of thiophene rings is 1. The maximum Gasteiger partial charge on any atom is 0.140 e. The molecule has 1 N–H and O–H groups in total. The molecule has 0 fully saturated rings. The van der Waals surface area contributed by atoms with Crippen molar-refractivity contribution in [3.8, 4) is 6.07 Å². The normalized spacial score (nSPS) is 10.3. The molecule has 0 bridgehead atoms. The molecule has 0 saturated carbocycles. The minimum atomic E-state index is 0.470. The largest absolute Gasteiger partial charge is 0.308 e. The zero-order chi connectivity index (χ0) is 13.0. The average Bonchev–Trinajstić information content (AvgIpc) is 2.69. The summed E-state index contributed by atoms with van der Waals surface area (Å²) in [6, 6.07) is 8.02. The fraction of sp³-hybridized carbons (Fsp3) is 0.286. The van der Waals surface area contributed by atoms with Gasteiger partial charge in [-0.1, -0.05) is 0 Å². The Balaban J connectivity index is 1.90. The van der Waals surface area contributed by atoms with Crippen LogP contribution in [-0.4, -0.2) is 4.98 Å². The Kier molecular flexibility index (Phi) is 4.08. The van der Waals surface area contributed by atoms with Gasteiger partial charge in [0.25, 0.3) is 0 Å². The molecule has 0 unspecified atom stereocenters. The van der Waals surface area contributed by atoms with E-state index in [9.17, 15) is 0 Å². The average molecular weight is 257 g/mol. The Labute approximate surface area is 111 Å². The first-order chi connectivity index (χ1) is 8.69. The van der Waals surface area contributed by atoms with Crippen LogP contribution in [0.15, 0.2) is 24.4 Å². The van der Waals surface area contributed by atoms with Crippen LogP contribution in [0.25, 0.3) is 0 Å². The van der Waals surface area contributed by atoms with Crippen LogP contribution in [0.4, 0.5) is 0 Å². The smallest absolute Gasteiger partial charge is 0.140 e. The van der Waals surface area contributed by atoms with E-state index in [1.165, 1.54) is 15.3 Å². The molecule has 18 heavy (non-hydrogen) atoms. The molecule has 0 aromatic carbocycles. The second-order valence-corrected chi connectivity index (χ2v) is 5.56. The standard InChI is InChI=1S/C14H15N3S/c1-10-5-14(18-11(10)2)9-16-8-12-3-4-17-13(6-12)7-15/h3-6,16H,8-9H2,1-2H3. The molecule has 92 valence electrons. The van der Waals surface area contributed by atoms with Gasteiger partial charge in [0.05, 0.1) is 0 Å². The molecule has 2 aromatic heterocycles. The van der Waals surface area contributed by atoms with E-state index in [0.717, 1.165) is 18.7 Å². The fourth-order valence-corrected chi connectivity index (χ4v) is 2.74. The first kappa shape index (κ1) is 12.7. The lowest BCUT2D eigenvalue weighted by Crippen LogP contribution is -2.11. The van der Waals surface area contributed by atoms with Gasteiger partial charge in [0.1, 0.15) is 11.8 Å². The maximum atomic E-state index is 8.77. The third-order valence-corrected chi connectivity index (χ3v) is 3.94. The summed E-state index contributed by atoms with van der Waals surface area (Å²) in [6.07, 6.45) is 1.68. The van der Waals surface area contributed by atoms with Crippen molar-refractivity contribution in [1.29, 1.82) is 5.26 Å². The van der Waals surface area contributed by atoms with E-state index in [0.29, 0.717) is 5.69 Å². The number of hydrogen-bond donors (Lipinski definition) is 1. The summed E-state index contributed by atoms with van der Waals surface area (Å²) in [5, 5.41) is 12.2. The molecule has 0 radical (unpaired) electrons. The highest BCUT2D eigenvalue weighted by Crippen LogP contribution is 2.20. The van der Waals surface area contributed by atoms with Gasteiger partial charge in [0, 0.05) is 29.0 Å². The topological polar surface area (TPSA) is 48.7 Å². The van der Waals surface area contributed by atoms with Crippen LogP contribution in [0.1, 0.15) is 26.6 Å². The summed E-state index contributed by atoms with van der Waals surface area (Å²) >= 11 is 1.83. The number of aromatic nitrogens is 1. The van der Waals surface area contributed by atoms with Crippen LogP contribution in [0.3, 0.4) is 0 Å². The number of aryl methyl sites for hydroxylation is 2. The summed E-state index contributed by atoms with van der Waals surface area (Å²) in [7, 11) is 0. The van der Waals surface area contributed by atoms with Gasteiger partial charge in [-0.3, -0.25) is 0 Å². The number of hydrogen-bond acceptors (Lipinski definition) is 4. The second-order valence-electron chi connectivity index (χ2n) is 4.22. The number of pyridine rings is 1. The van der Waals surface area contributed by atoms with Gasteiger partial charge in [0.15, 0.2) is 0 Å². The molecule has 0 spiro atoms. The fourth-order valence-electron chi connectivity index (χ4n) is 1.71. The Bertz CT molecular complexity index is 561. The molecule has 4 heteroatoms. The van der Waals surface area contributed by atoms with E-state index >= 15 is 0 Å². The van der Waals surface area contributed by atoms with Crippen LogP contribution in [0.2, 0.25) is 0 Å². The van der Waals surface area contributed by atoms with E-state index in [4.69, 9.17) is 5.26 Å². The Morgan fingerprint density at radius 2 is 2.17 bits per heavy atom. The predicted molar refractivity (Wildman–Crippen MR) is 73.3 cm³/mol. The van der Waals surface area contributed by atoms with Crippen molar-refractivity contribution in [2.24, 2.45) is 0 Å². The third-order valence-electron chi connectivity index (χ3n) is 2.78. The number of nitrogens with zero attached hydrogens (tertiary/aromatic N) is 2. The van der Waals surface area contributed by atoms with Crippen molar-refractivity contribution in [3.05, 3.63) is 51.0 Å². The lowest BCUT2D eigenvalue weighted by Gasteiger charge is -2.03. The molecule has 0 aliphatic rings. The monoisotopic (exact) mass is 257 g/mol. The van der Waals surface area contributed by atoms with Gasteiger partial charge >= 0.3 is 0 Å². The molecular weight excluding hydrogens is 242 g/mol. The van der Waals surface area contributed by atoms with E-state index in [2.05, 4.69) is 30.2 Å². The van der Waals surface area contributed by atoms with Crippen molar-refractivity contribution in [3.63, 3.8) is 0 Å². The molecule has 0 saturated heterocycles. The molecular formula is C14H15N3S. The molecule has 0 amide bonds. The van der Waals surface area contributed by atoms with Crippen molar-refractivity contribution < 1.29 is 0 Å². The summed E-state index contributed by atoms with van der Waals surface area (Å²) in [5.74, 6) is 0. The quantitative estimate of drug-likeness (QED) is 0.916. The summed E-state index contributed by atoms with van der Waals surface area (Å²) in [6.45, 7) is 5.90. The van der Waals surface area contributed by atoms with Crippen LogP contribution in [0, 0.1) is 25.2 Å². The predicted octanol–water partition coefficient (Wildman–Crippen LogP) is 2.92. The van der Waals surface area contributed by atoms with Crippen LogP contribution in [0.5, 0.6) is 0 Å². The van der Waals surface area contributed by atoms with Crippen molar-refractivity contribution >= 4 is 11.3 Å². The van der Waals surface area contributed by atoms with Crippen LogP contribution >= 0.6 is 11.3 Å². The van der Waals surface area contributed by atoms with Gasteiger partial charge in [-0.2, -0.15) is 5.26 Å². The minimum absolute atomic E-state index is 0.470. The zero-order valence-corrected chi connectivity index (χ0v) is 11.3. The van der Waals surface area contributed by atoms with Crippen molar-refractivity contribution in [2.75, 3.05) is 0 Å². The summed E-state index contributed by atoms with van der Waals surface area (Å²) in [5.41, 5.74) is 2.91. The third kappa shape index (κ3) is 3.16. The van der Waals surface area contributed by atoms with Gasteiger partial charge < -0.3 is 5.32 Å². The molecule has 2 heterocycles. The van der Waals surface area contributed by atoms with Gasteiger partial charge in [-0.25, -0.2) is 4.98 Å². The summed E-state index contributed by atoms with van der Waals surface area (Å²) < 4.78 is 0. The van der Waals surface area contributed by atoms with E-state index in [1.807, 2.05) is 29.5 Å². The van der Waals surface area contributed by atoms with Gasteiger partial charge in [0.2, 0.25) is 0 Å². The Morgan fingerprint density at radius 1 is 1.33 bits per heavy atom. The van der Waals surface area contributed by atoms with E-state index in [-0.39, 0.29) is 0 Å². The minimum Gasteiger partial charge on any atom is -0.308 e. The molecule has 0 aliphatic heterocycles. The first-order valence-corrected chi connectivity index (χ1v) is 6.62. The molecule has 0 aliphatic carbocycles. The van der Waals surface area contributed by atoms with Gasteiger partial charge in [-0.15, -0.1) is 11.3 Å². The van der Waals surface area contributed by atoms with Crippen LogP contribution in [-0.2, 0) is 13.1 Å². The molecule has 0 atom stereocenters. The molecule has 2 aromatic rings. The Morgan fingerprint density at radius 3 is 2.83 bits per heavy atom. The van der Waals surface area contributed by atoms with Crippen molar-refractivity contribution in [1.82, 2.24) is 10.3 Å². The highest BCUT2D eigenvalue weighted by Gasteiger charge is 2.01. The SMILES string of the molecule is Cc1cc(CNCc2ccnc(C#N)c2)sc1C. The lowest BCUT2D eigenvalue weighted by molar-refractivity contribution is 0.700. The number of nitrogens with one attached hydrogen (secondary N) is 1. The zero-order valence-electron chi connectivity index (χ0n) is 10.5. The van der Waals surface area contributed by atoms with E-state index < -0.39 is 0 Å². The first-order valence-electron chi connectivity index (χ1n) is 5.80. The number of nitriles is 1. The Hall–Kier alpha value is -1.70. The van der Waals surface area contributed by atoms with Crippen LogP contribution < -0.4 is 5.32 Å². The van der Waals surface area contributed by atoms with Gasteiger partial charge in [-0.05, 0) is 43.2 Å². The summed E-state index contributed by atoms with van der Waals surface area (Å²) in [4.78, 5) is 6.68. The molecule has 3 nitrogen and oxygen atoms in total. The van der Waals surface area contributed by atoms with E-state index in [1.54, 1.807) is 6.20 Å². The molecule has 2 rings (SSSR count). The highest BCUT2D eigenvalue weighted by molar-refractivity contribution is 7.12. The lowest BCUT2D eigenvalue weighted by atomic mass is 10.2. The maximum absolute atomic E-state index is 8.77.